The highest BCUT2D eigenvalue weighted by atomic mass is 35.5. The first kappa shape index (κ1) is 9.53. The molecule has 74 valence electrons. The maximum atomic E-state index is 11.3. The van der Waals surface area contributed by atoms with E-state index in [1.807, 2.05) is 36.2 Å². The molecular weight excluding hydrogens is 198 g/mol. The van der Waals surface area contributed by atoms with Crippen LogP contribution in [-0.4, -0.2) is 17.9 Å². The summed E-state index contributed by atoms with van der Waals surface area (Å²) in [5.74, 6) is 0.227. The monoisotopic (exact) mass is 209 g/mol. The zero-order chi connectivity index (χ0) is 10.1. The molecule has 0 aromatic heterocycles. The Hall–Kier alpha value is -1.02. The van der Waals surface area contributed by atoms with Gasteiger partial charge in [-0.25, -0.2) is 0 Å². The van der Waals surface area contributed by atoms with E-state index < -0.39 is 0 Å². The number of carbonyl (C=O) groups excluding carboxylic acids is 1. The molecule has 1 atom stereocenters. The summed E-state index contributed by atoms with van der Waals surface area (Å²) in [5.41, 5.74) is 1.17. The third-order valence-corrected chi connectivity index (χ3v) is 3.00. The number of benzene rings is 1. The van der Waals surface area contributed by atoms with Gasteiger partial charge in [0.1, 0.15) is 0 Å². The van der Waals surface area contributed by atoms with Crippen LogP contribution < -0.4 is 0 Å². The van der Waals surface area contributed by atoms with Gasteiger partial charge in [-0.3, -0.25) is 4.79 Å². The molecule has 1 unspecified atom stereocenters. The Labute approximate surface area is 88.5 Å². The van der Waals surface area contributed by atoms with Crippen LogP contribution in [0.4, 0.5) is 0 Å². The molecule has 0 radical (unpaired) electrons. The van der Waals surface area contributed by atoms with E-state index in [1.54, 1.807) is 0 Å². The number of hydrogen-bond donors (Lipinski definition) is 0. The normalized spacial score (nSPS) is 21.7. The topological polar surface area (TPSA) is 20.3 Å². The second-order valence-corrected chi connectivity index (χ2v) is 4.05. The van der Waals surface area contributed by atoms with Crippen LogP contribution in [-0.2, 0) is 4.79 Å². The van der Waals surface area contributed by atoms with Gasteiger partial charge in [0.15, 0.2) is 0 Å². The Kier molecular flexibility index (Phi) is 2.46. The molecule has 0 aliphatic carbocycles. The van der Waals surface area contributed by atoms with Crippen LogP contribution in [0.25, 0.3) is 0 Å². The maximum Gasteiger partial charge on any atom is 0.222 e. The molecule has 1 aromatic rings. The van der Waals surface area contributed by atoms with Gasteiger partial charge in [0, 0.05) is 18.5 Å². The summed E-state index contributed by atoms with van der Waals surface area (Å²) in [4.78, 5) is 13.1. The van der Waals surface area contributed by atoms with Crippen molar-refractivity contribution in [1.82, 2.24) is 4.90 Å². The van der Waals surface area contributed by atoms with Gasteiger partial charge in [-0.05, 0) is 24.1 Å². The lowest BCUT2D eigenvalue weighted by molar-refractivity contribution is -0.127. The smallest absolute Gasteiger partial charge is 0.222 e. The van der Waals surface area contributed by atoms with E-state index in [9.17, 15) is 4.79 Å². The van der Waals surface area contributed by atoms with E-state index >= 15 is 0 Å². The molecule has 0 bridgehead atoms. The number of amides is 1. The van der Waals surface area contributed by atoms with Gasteiger partial charge in [-0.15, -0.1) is 0 Å². The Bertz CT molecular complexity index is 347. The van der Waals surface area contributed by atoms with E-state index in [0.29, 0.717) is 6.42 Å². The fourth-order valence-corrected chi connectivity index (χ4v) is 2.01. The second kappa shape index (κ2) is 3.62. The Morgan fingerprint density at radius 3 is 2.50 bits per heavy atom. The first-order valence-corrected chi connectivity index (χ1v) is 5.07. The summed E-state index contributed by atoms with van der Waals surface area (Å²) in [6.07, 6.45) is 1.57. The minimum Gasteiger partial charge on any atom is -0.339 e. The van der Waals surface area contributed by atoms with E-state index in [0.717, 1.165) is 11.4 Å². The molecule has 1 heterocycles. The van der Waals surface area contributed by atoms with Crippen LogP contribution in [0.15, 0.2) is 24.3 Å². The van der Waals surface area contributed by atoms with Crippen molar-refractivity contribution in [2.24, 2.45) is 0 Å². The highest BCUT2D eigenvalue weighted by molar-refractivity contribution is 6.30. The van der Waals surface area contributed by atoms with Gasteiger partial charge < -0.3 is 4.90 Å². The lowest BCUT2D eigenvalue weighted by atomic mass is 10.1. The number of likely N-dealkylation sites (tertiary alicyclic amines) is 1. The van der Waals surface area contributed by atoms with Crippen LogP contribution >= 0.6 is 11.6 Å². The highest BCUT2D eigenvalue weighted by Gasteiger charge is 2.28. The molecule has 1 aromatic carbocycles. The third-order valence-electron chi connectivity index (χ3n) is 2.75. The zero-order valence-corrected chi connectivity index (χ0v) is 8.79. The van der Waals surface area contributed by atoms with Crippen LogP contribution in [0.3, 0.4) is 0 Å². The molecule has 0 N–H and O–H groups in total. The minimum absolute atomic E-state index is 0.227. The van der Waals surface area contributed by atoms with Gasteiger partial charge in [0.2, 0.25) is 5.91 Å². The molecule has 2 rings (SSSR count). The summed E-state index contributed by atoms with van der Waals surface area (Å²) < 4.78 is 0. The maximum absolute atomic E-state index is 11.3. The number of hydrogen-bond acceptors (Lipinski definition) is 1. The van der Waals surface area contributed by atoms with Gasteiger partial charge in [0.05, 0.1) is 6.04 Å². The van der Waals surface area contributed by atoms with Gasteiger partial charge in [-0.2, -0.15) is 0 Å². The summed E-state index contributed by atoms with van der Waals surface area (Å²) >= 11 is 5.80. The van der Waals surface area contributed by atoms with Crippen molar-refractivity contribution < 1.29 is 4.79 Å². The quantitative estimate of drug-likeness (QED) is 0.697. The van der Waals surface area contributed by atoms with Gasteiger partial charge in [0.25, 0.3) is 0 Å². The molecule has 1 aliphatic rings. The van der Waals surface area contributed by atoms with Crippen LogP contribution in [0.1, 0.15) is 24.4 Å². The van der Waals surface area contributed by atoms with Crippen molar-refractivity contribution in [3.8, 4) is 0 Å². The molecule has 3 heteroatoms. The standard InChI is InChI=1S/C11H12ClNO/c1-13-10(6-7-11(13)14)8-2-4-9(12)5-3-8/h2-5,10H,6-7H2,1H3. The molecular formula is C11H12ClNO. The van der Waals surface area contributed by atoms with Crippen molar-refractivity contribution in [3.05, 3.63) is 34.9 Å². The Morgan fingerprint density at radius 1 is 1.36 bits per heavy atom. The fraction of sp³-hybridized carbons (Fsp3) is 0.364. The molecule has 0 saturated carbocycles. The Morgan fingerprint density at radius 2 is 2.00 bits per heavy atom. The first-order valence-electron chi connectivity index (χ1n) is 4.69. The van der Waals surface area contributed by atoms with Crippen molar-refractivity contribution in [2.75, 3.05) is 7.05 Å². The van der Waals surface area contributed by atoms with E-state index in [-0.39, 0.29) is 11.9 Å². The molecule has 1 saturated heterocycles. The molecule has 1 amide bonds. The predicted octanol–water partition coefficient (Wildman–Crippen LogP) is 2.63. The summed E-state index contributed by atoms with van der Waals surface area (Å²) in [6.45, 7) is 0. The van der Waals surface area contributed by atoms with Gasteiger partial charge >= 0.3 is 0 Å². The van der Waals surface area contributed by atoms with Crippen LogP contribution in [0.2, 0.25) is 5.02 Å². The largest absolute Gasteiger partial charge is 0.339 e. The predicted molar refractivity (Wildman–Crippen MR) is 56.2 cm³/mol. The first-order chi connectivity index (χ1) is 6.68. The fourth-order valence-electron chi connectivity index (χ4n) is 1.88. The SMILES string of the molecule is CN1C(=O)CCC1c1ccc(Cl)cc1. The molecule has 1 fully saturated rings. The van der Waals surface area contributed by atoms with Gasteiger partial charge in [-0.1, -0.05) is 23.7 Å². The average Bonchev–Trinajstić information content (AvgIpc) is 2.50. The molecule has 14 heavy (non-hydrogen) atoms. The highest BCUT2D eigenvalue weighted by Crippen LogP contribution is 2.31. The van der Waals surface area contributed by atoms with Crippen molar-refractivity contribution in [1.29, 1.82) is 0 Å². The minimum atomic E-state index is 0.227. The summed E-state index contributed by atoms with van der Waals surface area (Å²) in [5, 5.41) is 0.737. The summed E-state index contributed by atoms with van der Waals surface area (Å²) in [6, 6.07) is 7.95. The number of carbonyl (C=O) groups is 1. The van der Waals surface area contributed by atoms with E-state index in [2.05, 4.69) is 0 Å². The van der Waals surface area contributed by atoms with Crippen molar-refractivity contribution in [2.45, 2.75) is 18.9 Å². The molecule has 1 aliphatic heterocycles. The van der Waals surface area contributed by atoms with Crippen molar-refractivity contribution >= 4 is 17.5 Å². The second-order valence-electron chi connectivity index (χ2n) is 3.61. The van der Waals surface area contributed by atoms with Crippen LogP contribution in [0, 0.1) is 0 Å². The van der Waals surface area contributed by atoms with E-state index in [1.165, 1.54) is 5.56 Å². The van der Waals surface area contributed by atoms with Crippen molar-refractivity contribution in [3.63, 3.8) is 0 Å². The number of halogens is 1. The molecule has 2 nitrogen and oxygen atoms in total. The average molecular weight is 210 g/mol. The summed E-state index contributed by atoms with van der Waals surface area (Å²) in [7, 11) is 1.86. The molecule has 0 spiro atoms. The number of rotatable bonds is 1. The van der Waals surface area contributed by atoms with E-state index in [4.69, 9.17) is 11.6 Å². The lowest BCUT2D eigenvalue weighted by Gasteiger charge is -2.20. The van der Waals surface area contributed by atoms with Crippen LogP contribution in [0.5, 0.6) is 0 Å². The Balaban J connectivity index is 2.23. The zero-order valence-electron chi connectivity index (χ0n) is 8.03. The third kappa shape index (κ3) is 1.62. The number of nitrogens with zero attached hydrogens (tertiary/aromatic N) is 1. The lowest BCUT2D eigenvalue weighted by Crippen LogP contribution is -2.22.